The summed E-state index contributed by atoms with van der Waals surface area (Å²) in [6.07, 6.45) is 1.19. The summed E-state index contributed by atoms with van der Waals surface area (Å²) < 4.78 is 38.0. The van der Waals surface area contributed by atoms with Gasteiger partial charge in [0.2, 0.25) is 0 Å². The van der Waals surface area contributed by atoms with Gasteiger partial charge >= 0.3 is 0 Å². The first kappa shape index (κ1) is 15.2. The fourth-order valence-electron chi connectivity index (χ4n) is 1.86. The van der Waals surface area contributed by atoms with Gasteiger partial charge in [-0.1, -0.05) is 0 Å². The molecular weight excluding hydrogens is 347 g/mol. The fourth-order valence-corrected chi connectivity index (χ4v) is 2.87. The van der Waals surface area contributed by atoms with Crippen LogP contribution in [0.5, 0.6) is 0 Å². The van der Waals surface area contributed by atoms with E-state index in [1.54, 1.807) is 16.8 Å². The largest absolute Gasteiger partial charge is 0.262 e. The molecule has 1 heterocycles. The molecule has 0 unspecified atom stereocenters. The monoisotopic (exact) mass is 360 g/mol. The van der Waals surface area contributed by atoms with Crippen LogP contribution < -0.4 is 0 Å². The van der Waals surface area contributed by atoms with Gasteiger partial charge < -0.3 is 0 Å². The van der Waals surface area contributed by atoms with E-state index >= 15 is 0 Å². The molecule has 0 saturated carbocycles. The van der Waals surface area contributed by atoms with Crippen LogP contribution in [0.2, 0.25) is 0 Å². The maximum absolute atomic E-state index is 13.0. The number of hydrogen-bond donors (Lipinski definition) is 0. The number of benzene rings is 1. The minimum atomic E-state index is -3.07. The normalized spacial score (nSPS) is 11.8. The summed E-state index contributed by atoms with van der Waals surface area (Å²) in [4.78, 5) is 0. The highest BCUT2D eigenvalue weighted by atomic mass is 79.9. The second kappa shape index (κ2) is 5.65. The van der Waals surface area contributed by atoms with Gasteiger partial charge in [-0.2, -0.15) is 5.10 Å². The second-order valence-electron chi connectivity index (χ2n) is 4.61. The quantitative estimate of drug-likeness (QED) is 0.842. The van der Waals surface area contributed by atoms with E-state index in [-0.39, 0.29) is 18.1 Å². The Morgan fingerprint density at radius 3 is 2.45 bits per heavy atom. The van der Waals surface area contributed by atoms with Gasteiger partial charge in [0, 0.05) is 11.8 Å². The van der Waals surface area contributed by atoms with Crippen LogP contribution in [0.15, 0.2) is 28.7 Å². The van der Waals surface area contributed by atoms with Crippen molar-refractivity contribution in [3.05, 3.63) is 40.2 Å². The smallest absolute Gasteiger partial charge is 0.149 e. The molecule has 2 aromatic rings. The van der Waals surface area contributed by atoms with Crippen molar-refractivity contribution >= 4 is 25.8 Å². The molecule has 2 rings (SSSR count). The molecule has 0 fully saturated rings. The van der Waals surface area contributed by atoms with Gasteiger partial charge in [-0.05, 0) is 47.1 Å². The van der Waals surface area contributed by atoms with E-state index in [2.05, 4.69) is 21.0 Å². The third-order valence-electron chi connectivity index (χ3n) is 2.85. The van der Waals surface area contributed by atoms with Gasteiger partial charge in [0.25, 0.3) is 0 Å². The predicted molar refractivity (Wildman–Crippen MR) is 79.8 cm³/mol. The van der Waals surface area contributed by atoms with Gasteiger partial charge in [0.05, 0.1) is 28.2 Å². The molecule has 7 heteroatoms. The Hall–Kier alpha value is -1.21. The summed E-state index contributed by atoms with van der Waals surface area (Å²) in [7, 11) is -3.07. The lowest BCUT2D eigenvalue weighted by Gasteiger charge is -2.07. The van der Waals surface area contributed by atoms with E-state index in [9.17, 15) is 12.8 Å². The minimum Gasteiger partial charge on any atom is -0.262 e. The maximum Gasteiger partial charge on any atom is 0.149 e. The van der Waals surface area contributed by atoms with E-state index in [0.29, 0.717) is 0 Å². The zero-order chi connectivity index (χ0) is 14.9. The zero-order valence-electron chi connectivity index (χ0n) is 11.1. The number of halogens is 2. The molecular formula is C13H14BrFN2O2S. The van der Waals surface area contributed by atoms with Crippen LogP contribution in [0.1, 0.15) is 5.69 Å². The van der Waals surface area contributed by atoms with Gasteiger partial charge in [0.15, 0.2) is 0 Å². The van der Waals surface area contributed by atoms with Gasteiger partial charge in [-0.25, -0.2) is 12.8 Å². The lowest BCUT2D eigenvalue weighted by atomic mass is 10.1. The van der Waals surface area contributed by atoms with E-state index in [4.69, 9.17) is 0 Å². The second-order valence-corrected chi connectivity index (χ2v) is 7.66. The Morgan fingerprint density at radius 2 is 1.90 bits per heavy atom. The van der Waals surface area contributed by atoms with Crippen molar-refractivity contribution in [3.8, 4) is 11.3 Å². The van der Waals surface area contributed by atoms with Crippen molar-refractivity contribution in [1.82, 2.24) is 9.78 Å². The topological polar surface area (TPSA) is 52.0 Å². The molecule has 108 valence electrons. The molecule has 0 amide bonds. The fraction of sp³-hybridized carbons (Fsp3) is 0.308. The summed E-state index contributed by atoms with van der Waals surface area (Å²) >= 11 is 3.45. The average molecular weight is 361 g/mol. The molecule has 0 saturated heterocycles. The van der Waals surface area contributed by atoms with Crippen molar-refractivity contribution in [3.63, 3.8) is 0 Å². The van der Waals surface area contributed by atoms with Crippen LogP contribution in [0.3, 0.4) is 0 Å². The molecule has 0 aliphatic carbocycles. The highest BCUT2D eigenvalue weighted by Crippen LogP contribution is 2.31. The Labute approximate surface area is 125 Å². The zero-order valence-corrected chi connectivity index (χ0v) is 13.5. The molecule has 20 heavy (non-hydrogen) atoms. The lowest BCUT2D eigenvalue weighted by molar-refractivity contribution is 0.586. The summed E-state index contributed by atoms with van der Waals surface area (Å²) in [5.41, 5.74) is 2.30. The molecule has 0 atom stereocenters. The number of sulfone groups is 1. The van der Waals surface area contributed by atoms with E-state index in [1.807, 2.05) is 6.92 Å². The molecule has 0 N–H and O–H groups in total. The van der Waals surface area contributed by atoms with Crippen LogP contribution in [-0.2, 0) is 16.4 Å². The number of hydrogen-bond acceptors (Lipinski definition) is 3. The number of aromatic nitrogens is 2. The van der Waals surface area contributed by atoms with Crippen molar-refractivity contribution in [2.45, 2.75) is 13.5 Å². The van der Waals surface area contributed by atoms with Gasteiger partial charge in [-0.3, -0.25) is 4.68 Å². The maximum atomic E-state index is 13.0. The Bertz CT molecular complexity index is 724. The first-order valence-electron chi connectivity index (χ1n) is 5.94. The Morgan fingerprint density at radius 1 is 1.30 bits per heavy atom. The summed E-state index contributed by atoms with van der Waals surface area (Å²) in [5, 5.41) is 4.32. The standard InChI is InChI=1S/C13H14BrFN2O2S/c1-9-12(14)13(10-3-5-11(15)6-4-10)17(16-9)7-8-20(2,18)19/h3-6H,7-8H2,1-2H3. The number of rotatable bonds is 4. The minimum absolute atomic E-state index is 0.00869. The molecule has 0 radical (unpaired) electrons. The van der Waals surface area contributed by atoms with Crippen molar-refractivity contribution in [2.24, 2.45) is 0 Å². The SMILES string of the molecule is Cc1nn(CCS(C)(=O)=O)c(-c2ccc(F)cc2)c1Br. The molecule has 0 aliphatic rings. The van der Waals surface area contributed by atoms with Crippen LogP contribution in [0, 0.1) is 12.7 Å². The van der Waals surface area contributed by atoms with E-state index < -0.39 is 9.84 Å². The van der Waals surface area contributed by atoms with Crippen LogP contribution in [-0.4, -0.2) is 30.2 Å². The molecule has 4 nitrogen and oxygen atoms in total. The Balaban J connectivity index is 2.43. The molecule has 0 aliphatic heterocycles. The highest BCUT2D eigenvalue weighted by Gasteiger charge is 2.16. The summed E-state index contributed by atoms with van der Waals surface area (Å²) in [5.74, 6) is -0.307. The highest BCUT2D eigenvalue weighted by molar-refractivity contribution is 9.10. The van der Waals surface area contributed by atoms with Gasteiger partial charge in [-0.15, -0.1) is 0 Å². The molecule has 0 bridgehead atoms. The Kier molecular flexibility index (Phi) is 4.29. The third kappa shape index (κ3) is 3.46. The predicted octanol–water partition coefficient (Wildman–Crippen LogP) is 2.80. The number of nitrogens with zero attached hydrogens (tertiary/aromatic N) is 2. The van der Waals surface area contributed by atoms with Crippen LogP contribution in [0.4, 0.5) is 4.39 Å². The van der Waals surface area contributed by atoms with E-state index in [1.165, 1.54) is 18.4 Å². The van der Waals surface area contributed by atoms with Crippen LogP contribution in [0.25, 0.3) is 11.3 Å². The van der Waals surface area contributed by atoms with Crippen molar-refractivity contribution in [1.29, 1.82) is 0 Å². The number of aryl methyl sites for hydroxylation is 2. The lowest BCUT2D eigenvalue weighted by Crippen LogP contribution is -2.13. The van der Waals surface area contributed by atoms with Gasteiger partial charge in [0.1, 0.15) is 15.7 Å². The third-order valence-corrected chi connectivity index (χ3v) is 4.72. The summed E-state index contributed by atoms with van der Waals surface area (Å²) in [6, 6.07) is 6.02. The van der Waals surface area contributed by atoms with Crippen LogP contribution >= 0.6 is 15.9 Å². The average Bonchev–Trinajstić information content (AvgIpc) is 2.64. The molecule has 1 aromatic heterocycles. The summed E-state index contributed by atoms with van der Waals surface area (Å²) in [6.45, 7) is 2.09. The first-order chi connectivity index (χ1) is 9.28. The van der Waals surface area contributed by atoms with Crippen molar-refractivity contribution in [2.75, 3.05) is 12.0 Å². The van der Waals surface area contributed by atoms with E-state index in [0.717, 1.165) is 21.4 Å². The molecule has 1 aromatic carbocycles. The first-order valence-corrected chi connectivity index (χ1v) is 8.80. The van der Waals surface area contributed by atoms with Crippen molar-refractivity contribution < 1.29 is 12.8 Å². The molecule has 0 spiro atoms.